The van der Waals surface area contributed by atoms with E-state index in [1.807, 2.05) is 12.1 Å². The molecule has 1 heterocycles. The van der Waals surface area contributed by atoms with E-state index < -0.39 is 5.82 Å². The summed E-state index contributed by atoms with van der Waals surface area (Å²) >= 11 is 0. The molecule has 2 rings (SSSR count). The third kappa shape index (κ3) is 2.33. The zero-order valence-electron chi connectivity index (χ0n) is 11.0. The quantitative estimate of drug-likeness (QED) is 0.795. The summed E-state index contributed by atoms with van der Waals surface area (Å²) in [5, 5.41) is 9.06. The number of hydrogen-bond donors (Lipinski definition) is 0. The fraction of sp³-hybridized carbons (Fsp3) is 0.533. The number of anilines is 1. The fourth-order valence-corrected chi connectivity index (χ4v) is 2.53. The van der Waals surface area contributed by atoms with Crippen molar-refractivity contribution in [2.75, 3.05) is 18.0 Å². The first-order valence-corrected chi connectivity index (χ1v) is 6.53. The highest BCUT2D eigenvalue weighted by atomic mass is 19.1. The van der Waals surface area contributed by atoms with Crippen molar-refractivity contribution in [2.45, 2.75) is 33.1 Å². The van der Waals surface area contributed by atoms with Crippen LogP contribution in [0.3, 0.4) is 0 Å². The summed E-state index contributed by atoms with van der Waals surface area (Å²) < 4.78 is 13.6. The van der Waals surface area contributed by atoms with E-state index in [9.17, 15) is 4.39 Å². The molecular weight excluding hydrogens is 227 g/mol. The fourth-order valence-electron chi connectivity index (χ4n) is 2.53. The van der Waals surface area contributed by atoms with E-state index in [1.54, 1.807) is 6.07 Å². The molecule has 0 bridgehead atoms. The van der Waals surface area contributed by atoms with Crippen molar-refractivity contribution >= 4 is 5.69 Å². The van der Waals surface area contributed by atoms with Crippen LogP contribution < -0.4 is 4.90 Å². The Morgan fingerprint density at radius 3 is 2.61 bits per heavy atom. The summed E-state index contributed by atoms with van der Waals surface area (Å²) in [5.74, 6) is -0.418. The summed E-state index contributed by atoms with van der Waals surface area (Å²) in [4.78, 5) is 2.14. The molecule has 1 saturated heterocycles. The second kappa shape index (κ2) is 4.97. The molecule has 0 N–H and O–H groups in total. The van der Waals surface area contributed by atoms with Gasteiger partial charge in [0.25, 0.3) is 0 Å². The maximum Gasteiger partial charge on any atom is 0.143 e. The van der Waals surface area contributed by atoms with Crippen LogP contribution in [0.5, 0.6) is 0 Å². The van der Waals surface area contributed by atoms with Gasteiger partial charge in [-0.3, -0.25) is 0 Å². The Kier molecular flexibility index (Phi) is 3.56. The van der Waals surface area contributed by atoms with Crippen molar-refractivity contribution in [1.29, 1.82) is 5.26 Å². The van der Waals surface area contributed by atoms with Crippen LogP contribution in [0.1, 0.15) is 38.7 Å². The number of nitrogens with zero attached hydrogens (tertiary/aromatic N) is 2. The Morgan fingerprint density at radius 1 is 1.39 bits per heavy atom. The summed E-state index contributed by atoms with van der Waals surface area (Å²) in [5.41, 5.74) is 1.32. The van der Waals surface area contributed by atoms with Gasteiger partial charge in [0, 0.05) is 13.1 Å². The number of halogens is 1. The number of nitriles is 1. The van der Waals surface area contributed by atoms with E-state index in [0.717, 1.165) is 31.6 Å². The summed E-state index contributed by atoms with van der Waals surface area (Å²) in [6, 6.07) is 6.85. The lowest BCUT2D eigenvalue weighted by Gasteiger charge is -2.40. The summed E-state index contributed by atoms with van der Waals surface area (Å²) in [6.45, 7) is 6.34. The van der Waals surface area contributed by atoms with E-state index in [-0.39, 0.29) is 5.56 Å². The Bertz CT molecular complexity index is 468. The summed E-state index contributed by atoms with van der Waals surface area (Å²) in [6.07, 6.45) is 3.38. The molecule has 0 atom stereocenters. The first-order chi connectivity index (χ1) is 8.59. The maximum absolute atomic E-state index is 13.6. The first kappa shape index (κ1) is 12.9. The van der Waals surface area contributed by atoms with Crippen molar-refractivity contribution in [1.82, 2.24) is 0 Å². The Labute approximate surface area is 108 Å². The predicted octanol–water partition coefficient (Wildman–Crippen LogP) is 3.71. The number of benzene rings is 1. The SMILES string of the molecule is CCC1(C)CCN(c2cccc(F)c2C#N)CC1. The van der Waals surface area contributed by atoms with Crippen molar-refractivity contribution in [3.05, 3.63) is 29.6 Å². The van der Waals surface area contributed by atoms with Crippen molar-refractivity contribution in [3.63, 3.8) is 0 Å². The third-order valence-electron chi connectivity index (χ3n) is 4.27. The van der Waals surface area contributed by atoms with E-state index >= 15 is 0 Å². The van der Waals surface area contributed by atoms with E-state index in [0.29, 0.717) is 5.41 Å². The molecule has 1 fully saturated rings. The van der Waals surface area contributed by atoms with E-state index in [1.165, 1.54) is 12.5 Å². The van der Waals surface area contributed by atoms with E-state index in [4.69, 9.17) is 5.26 Å². The topological polar surface area (TPSA) is 27.0 Å². The average molecular weight is 246 g/mol. The Hall–Kier alpha value is -1.56. The number of piperidine rings is 1. The van der Waals surface area contributed by atoms with Crippen LogP contribution in [0.4, 0.5) is 10.1 Å². The van der Waals surface area contributed by atoms with Gasteiger partial charge in [-0.1, -0.05) is 26.3 Å². The molecule has 0 unspecified atom stereocenters. The van der Waals surface area contributed by atoms with Crippen LogP contribution in [0, 0.1) is 22.6 Å². The predicted molar refractivity (Wildman–Crippen MR) is 71.0 cm³/mol. The van der Waals surface area contributed by atoms with Crippen LogP contribution in [-0.4, -0.2) is 13.1 Å². The van der Waals surface area contributed by atoms with Crippen LogP contribution in [0.25, 0.3) is 0 Å². The van der Waals surface area contributed by atoms with Gasteiger partial charge < -0.3 is 4.90 Å². The van der Waals surface area contributed by atoms with Gasteiger partial charge in [0.1, 0.15) is 17.4 Å². The molecular formula is C15H19FN2. The van der Waals surface area contributed by atoms with Crippen molar-refractivity contribution < 1.29 is 4.39 Å². The maximum atomic E-state index is 13.6. The minimum Gasteiger partial charge on any atom is -0.370 e. The lowest BCUT2D eigenvalue weighted by molar-refractivity contribution is 0.238. The zero-order chi connectivity index (χ0) is 13.2. The molecule has 1 aliphatic rings. The van der Waals surface area contributed by atoms with Gasteiger partial charge in [-0.25, -0.2) is 4.39 Å². The molecule has 0 saturated carbocycles. The number of rotatable bonds is 2. The molecule has 3 heteroatoms. The van der Waals surface area contributed by atoms with Gasteiger partial charge in [0.05, 0.1) is 5.69 Å². The minimum atomic E-state index is -0.418. The average Bonchev–Trinajstić information content (AvgIpc) is 2.39. The summed E-state index contributed by atoms with van der Waals surface area (Å²) in [7, 11) is 0. The van der Waals surface area contributed by atoms with Crippen LogP contribution >= 0.6 is 0 Å². The van der Waals surface area contributed by atoms with Gasteiger partial charge in [-0.15, -0.1) is 0 Å². The highest BCUT2D eigenvalue weighted by molar-refractivity contribution is 5.60. The molecule has 1 aromatic carbocycles. The highest BCUT2D eigenvalue weighted by Gasteiger charge is 2.29. The van der Waals surface area contributed by atoms with Crippen LogP contribution in [0.2, 0.25) is 0 Å². The second-order valence-electron chi connectivity index (χ2n) is 5.40. The molecule has 1 aliphatic heterocycles. The van der Waals surface area contributed by atoms with Gasteiger partial charge in [-0.05, 0) is 30.4 Å². The lowest BCUT2D eigenvalue weighted by atomic mass is 9.78. The largest absolute Gasteiger partial charge is 0.370 e. The molecule has 0 spiro atoms. The Morgan fingerprint density at radius 2 is 2.06 bits per heavy atom. The van der Waals surface area contributed by atoms with Gasteiger partial charge >= 0.3 is 0 Å². The molecule has 0 radical (unpaired) electrons. The normalized spacial score (nSPS) is 18.4. The zero-order valence-corrected chi connectivity index (χ0v) is 11.0. The van der Waals surface area contributed by atoms with Crippen LogP contribution in [-0.2, 0) is 0 Å². The smallest absolute Gasteiger partial charge is 0.143 e. The van der Waals surface area contributed by atoms with Crippen LogP contribution in [0.15, 0.2) is 18.2 Å². The van der Waals surface area contributed by atoms with Crippen molar-refractivity contribution in [2.24, 2.45) is 5.41 Å². The van der Waals surface area contributed by atoms with Gasteiger partial charge in [0.15, 0.2) is 0 Å². The molecule has 96 valence electrons. The minimum absolute atomic E-state index is 0.178. The molecule has 0 amide bonds. The molecule has 0 aromatic heterocycles. The highest BCUT2D eigenvalue weighted by Crippen LogP contribution is 2.36. The molecule has 18 heavy (non-hydrogen) atoms. The monoisotopic (exact) mass is 246 g/mol. The number of hydrogen-bond acceptors (Lipinski definition) is 2. The van der Waals surface area contributed by atoms with Gasteiger partial charge in [0.2, 0.25) is 0 Å². The van der Waals surface area contributed by atoms with E-state index in [2.05, 4.69) is 18.7 Å². The lowest BCUT2D eigenvalue weighted by Crippen LogP contribution is -2.38. The first-order valence-electron chi connectivity index (χ1n) is 6.53. The third-order valence-corrected chi connectivity index (χ3v) is 4.27. The molecule has 2 nitrogen and oxygen atoms in total. The standard InChI is InChI=1S/C15H19FN2/c1-3-15(2)7-9-18(10-8-15)14-6-4-5-13(16)12(14)11-17/h4-6H,3,7-10H2,1-2H3. The van der Waals surface area contributed by atoms with Crippen molar-refractivity contribution in [3.8, 4) is 6.07 Å². The second-order valence-corrected chi connectivity index (χ2v) is 5.40. The van der Waals surface area contributed by atoms with Gasteiger partial charge in [-0.2, -0.15) is 5.26 Å². The Balaban J connectivity index is 2.21. The molecule has 0 aliphatic carbocycles. The molecule has 1 aromatic rings.